The second-order valence-electron chi connectivity index (χ2n) is 8.89. The zero-order chi connectivity index (χ0) is 22.9. The molecule has 5 rings (SSSR count). The molecule has 0 radical (unpaired) electrons. The van der Waals surface area contributed by atoms with Gasteiger partial charge in [0.05, 0.1) is 37.2 Å². The highest BCUT2D eigenvalue weighted by atomic mass is 16.5. The zero-order valence-electron chi connectivity index (χ0n) is 19.0. The Hall–Kier alpha value is -3.26. The van der Waals surface area contributed by atoms with Crippen LogP contribution < -0.4 is 0 Å². The molecule has 2 aliphatic heterocycles. The van der Waals surface area contributed by atoms with Crippen LogP contribution in [-0.2, 0) is 16.0 Å². The Bertz CT molecular complexity index is 1200. The fraction of sp³-hybridized carbons (Fsp3) is 0.440. The van der Waals surface area contributed by atoms with Gasteiger partial charge in [0, 0.05) is 49.2 Å². The smallest absolute Gasteiger partial charge is 0.257 e. The van der Waals surface area contributed by atoms with Crippen LogP contribution in [0.5, 0.6) is 0 Å². The highest BCUT2D eigenvalue weighted by Gasteiger charge is 2.30. The summed E-state index contributed by atoms with van der Waals surface area (Å²) in [6.07, 6.45) is 4.45. The van der Waals surface area contributed by atoms with Gasteiger partial charge in [0.15, 0.2) is 0 Å². The SMILES string of the molecule is Cc1ccc2c(CC(=O)N3CCC(c4ncc(C(=O)N5CCOCC5)c(C)n4)C3)coc2c1. The van der Waals surface area contributed by atoms with Gasteiger partial charge in [0.25, 0.3) is 5.91 Å². The standard InChI is InChI=1S/C25H28N4O4/c1-16-3-4-20-19(15-33-22(20)11-16)12-23(30)29-6-5-18(14-29)24-26-13-21(17(2)27-24)25(31)28-7-9-32-10-8-28/h3-4,11,13,15,18H,5-10,12,14H2,1-2H3. The average Bonchev–Trinajstić information content (AvgIpc) is 3.47. The van der Waals surface area contributed by atoms with E-state index in [1.54, 1.807) is 17.4 Å². The first-order valence-electron chi connectivity index (χ1n) is 11.4. The molecule has 0 aliphatic carbocycles. The number of likely N-dealkylation sites (tertiary alicyclic amines) is 1. The van der Waals surface area contributed by atoms with Crippen molar-refractivity contribution >= 4 is 22.8 Å². The molecular formula is C25H28N4O4. The minimum absolute atomic E-state index is 0.0480. The molecule has 0 bridgehead atoms. The maximum Gasteiger partial charge on any atom is 0.257 e. The van der Waals surface area contributed by atoms with Crippen LogP contribution in [0.25, 0.3) is 11.0 Å². The van der Waals surface area contributed by atoms with Crippen molar-refractivity contribution < 1.29 is 18.7 Å². The van der Waals surface area contributed by atoms with Crippen molar-refractivity contribution in [2.45, 2.75) is 32.6 Å². The summed E-state index contributed by atoms with van der Waals surface area (Å²) in [4.78, 5) is 38.6. The van der Waals surface area contributed by atoms with Gasteiger partial charge in [-0.05, 0) is 31.9 Å². The summed E-state index contributed by atoms with van der Waals surface area (Å²) < 4.78 is 11.0. The fourth-order valence-corrected chi connectivity index (χ4v) is 4.63. The molecule has 33 heavy (non-hydrogen) atoms. The molecular weight excluding hydrogens is 420 g/mol. The number of rotatable bonds is 4. The normalized spacial score (nSPS) is 18.8. The first kappa shape index (κ1) is 21.6. The van der Waals surface area contributed by atoms with E-state index in [9.17, 15) is 9.59 Å². The largest absolute Gasteiger partial charge is 0.464 e. The first-order valence-corrected chi connectivity index (χ1v) is 11.4. The average molecular weight is 449 g/mol. The number of ether oxygens (including phenoxy) is 1. The van der Waals surface area contributed by atoms with Gasteiger partial charge in [-0.2, -0.15) is 0 Å². The Morgan fingerprint density at radius 3 is 2.73 bits per heavy atom. The maximum absolute atomic E-state index is 13.0. The van der Waals surface area contributed by atoms with Gasteiger partial charge < -0.3 is 19.0 Å². The number of aryl methyl sites for hydroxylation is 2. The molecule has 1 aromatic carbocycles. The molecule has 2 amide bonds. The molecule has 0 N–H and O–H groups in total. The Morgan fingerprint density at radius 1 is 1.12 bits per heavy atom. The van der Waals surface area contributed by atoms with E-state index in [-0.39, 0.29) is 17.7 Å². The number of amides is 2. The molecule has 172 valence electrons. The molecule has 2 saturated heterocycles. The number of benzene rings is 1. The number of aromatic nitrogens is 2. The van der Waals surface area contributed by atoms with Crippen LogP contribution in [0.4, 0.5) is 0 Å². The Labute approximate surface area is 192 Å². The molecule has 0 spiro atoms. The van der Waals surface area contributed by atoms with Crippen molar-refractivity contribution in [1.29, 1.82) is 0 Å². The van der Waals surface area contributed by atoms with Gasteiger partial charge in [0.1, 0.15) is 11.4 Å². The van der Waals surface area contributed by atoms with E-state index in [0.717, 1.165) is 28.5 Å². The predicted octanol–water partition coefficient (Wildman–Crippen LogP) is 2.87. The molecule has 3 aromatic rings. The minimum atomic E-state index is -0.0480. The molecule has 0 saturated carbocycles. The van der Waals surface area contributed by atoms with Gasteiger partial charge in [-0.25, -0.2) is 9.97 Å². The van der Waals surface area contributed by atoms with Gasteiger partial charge >= 0.3 is 0 Å². The van der Waals surface area contributed by atoms with Crippen LogP contribution >= 0.6 is 0 Å². The van der Waals surface area contributed by atoms with Gasteiger partial charge in [-0.15, -0.1) is 0 Å². The van der Waals surface area contributed by atoms with E-state index in [2.05, 4.69) is 9.97 Å². The fourth-order valence-electron chi connectivity index (χ4n) is 4.63. The van der Waals surface area contributed by atoms with Crippen molar-refractivity contribution in [3.8, 4) is 0 Å². The summed E-state index contributed by atoms with van der Waals surface area (Å²) in [6.45, 7) is 7.43. The number of morpholine rings is 1. The highest BCUT2D eigenvalue weighted by molar-refractivity contribution is 5.95. The third kappa shape index (κ3) is 4.35. The summed E-state index contributed by atoms with van der Waals surface area (Å²) in [5.41, 5.74) is 4.07. The summed E-state index contributed by atoms with van der Waals surface area (Å²) in [7, 11) is 0. The maximum atomic E-state index is 13.0. The summed E-state index contributed by atoms with van der Waals surface area (Å²) >= 11 is 0. The number of hydrogen-bond acceptors (Lipinski definition) is 6. The zero-order valence-corrected chi connectivity index (χ0v) is 19.0. The topological polar surface area (TPSA) is 88.8 Å². The van der Waals surface area contributed by atoms with Crippen LogP contribution in [0, 0.1) is 13.8 Å². The van der Waals surface area contributed by atoms with Gasteiger partial charge in [0.2, 0.25) is 5.91 Å². The number of carbonyl (C=O) groups excluding carboxylic acids is 2. The molecule has 2 aliphatic rings. The molecule has 4 heterocycles. The second-order valence-corrected chi connectivity index (χ2v) is 8.89. The predicted molar refractivity (Wildman–Crippen MR) is 122 cm³/mol. The highest BCUT2D eigenvalue weighted by Crippen LogP contribution is 2.28. The van der Waals surface area contributed by atoms with E-state index in [0.29, 0.717) is 62.9 Å². The number of fused-ring (bicyclic) bond motifs is 1. The molecule has 2 aromatic heterocycles. The van der Waals surface area contributed by atoms with Crippen molar-refractivity contribution in [1.82, 2.24) is 19.8 Å². The molecule has 1 atom stereocenters. The van der Waals surface area contributed by atoms with E-state index in [1.807, 2.05) is 36.9 Å². The molecule has 8 heteroatoms. The lowest BCUT2D eigenvalue weighted by atomic mass is 10.1. The Balaban J connectivity index is 1.24. The van der Waals surface area contributed by atoms with E-state index in [4.69, 9.17) is 9.15 Å². The Kier molecular flexibility index (Phi) is 5.85. The lowest BCUT2D eigenvalue weighted by Crippen LogP contribution is -2.41. The molecule has 2 fully saturated rings. The van der Waals surface area contributed by atoms with Crippen LogP contribution in [0.2, 0.25) is 0 Å². The van der Waals surface area contributed by atoms with Crippen LogP contribution in [0.15, 0.2) is 35.1 Å². The van der Waals surface area contributed by atoms with Crippen molar-refractivity contribution in [3.05, 3.63) is 58.9 Å². The first-order chi connectivity index (χ1) is 16.0. The summed E-state index contributed by atoms with van der Waals surface area (Å²) in [5, 5.41) is 0.990. The van der Waals surface area contributed by atoms with Gasteiger partial charge in [-0.1, -0.05) is 12.1 Å². The number of nitrogens with zero attached hydrogens (tertiary/aromatic N) is 4. The molecule has 8 nitrogen and oxygen atoms in total. The number of furan rings is 1. The quantitative estimate of drug-likeness (QED) is 0.610. The van der Waals surface area contributed by atoms with Crippen LogP contribution in [0.1, 0.15) is 45.3 Å². The van der Waals surface area contributed by atoms with E-state index in [1.165, 1.54) is 0 Å². The third-order valence-corrected chi connectivity index (χ3v) is 6.59. The van der Waals surface area contributed by atoms with Crippen molar-refractivity contribution in [2.75, 3.05) is 39.4 Å². The van der Waals surface area contributed by atoms with Crippen molar-refractivity contribution in [2.24, 2.45) is 0 Å². The van der Waals surface area contributed by atoms with Crippen LogP contribution in [0.3, 0.4) is 0 Å². The van der Waals surface area contributed by atoms with Crippen LogP contribution in [-0.4, -0.2) is 71.0 Å². The molecule has 1 unspecified atom stereocenters. The van der Waals surface area contributed by atoms with E-state index < -0.39 is 0 Å². The van der Waals surface area contributed by atoms with Gasteiger partial charge in [-0.3, -0.25) is 9.59 Å². The lowest BCUT2D eigenvalue weighted by molar-refractivity contribution is -0.129. The minimum Gasteiger partial charge on any atom is -0.464 e. The second kappa shape index (κ2) is 8.94. The monoisotopic (exact) mass is 448 g/mol. The Morgan fingerprint density at radius 2 is 1.94 bits per heavy atom. The van der Waals surface area contributed by atoms with Crippen molar-refractivity contribution in [3.63, 3.8) is 0 Å². The summed E-state index contributed by atoms with van der Waals surface area (Å²) in [6, 6.07) is 6.03. The third-order valence-electron chi connectivity index (χ3n) is 6.59. The number of carbonyl (C=O) groups is 2. The summed E-state index contributed by atoms with van der Waals surface area (Å²) in [5.74, 6) is 0.805. The number of hydrogen-bond donors (Lipinski definition) is 0. The van der Waals surface area contributed by atoms with E-state index >= 15 is 0 Å². The lowest BCUT2D eigenvalue weighted by Gasteiger charge is -2.27.